The molecule has 104 valence electrons. The molecule has 1 aromatic rings. The van der Waals surface area contributed by atoms with Crippen LogP contribution in [0.5, 0.6) is 0 Å². The van der Waals surface area contributed by atoms with Crippen LogP contribution >= 0.6 is 11.3 Å². The molecule has 4 heteroatoms. The van der Waals surface area contributed by atoms with Crippen molar-refractivity contribution in [1.82, 2.24) is 10.3 Å². The summed E-state index contributed by atoms with van der Waals surface area (Å²) < 4.78 is 0. The first-order valence-corrected chi connectivity index (χ1v) is 7.53. The number of aryl methyl sites for hydroxylation is 1. The number of aliphatic hydroxyl groups excluding tert-OH is 1. The quantitative estimate of drug-likeness (QED) is 0.834. The Bertz CT molecular complexity index is 374. The van der Waals surface area contributed by atoms with E-state index >= 15 is 0 Å². The van der Waals surface area contributed by atoms with Gasteiger partial charge in [0.05, 0.1) is 16.8 Å². The average molecular weight is 270 g/mol. The molecule has 0 amide bonds. The van der Waals surface area contributed by atoms with Crippen molar-refractivity contribution in [2.45, 2.75) is 59.6 Å². The molecule has 0 aliphatic carbocycles. The fraction of sp³-hybridized carbons (Fsp3) is 0.786. The van der Waals surface area contributed by atoms with Gasteiger partial charge in [0.2, 0.25) is 0 Å². The predicted octanol–water partition coefficient (Wildman–Crippen LogP) is 3.24. The third-order valence-electron chi connectivity index (χ3n) is 3.14. The van der Waals surface area contributed by atoms with Gasteiger partial charge in [-0.1, -0.05) is 27.7 Å². The van der Waals surface area contributed by atoms with Gasteiger partial charge in [0.25, 0.3) is 0 Å². The van der Waals surface area contributed by atoms with Crippen LogP contribution in [0, 0.1) is 12.8 Å². The minimum atomic E-state index is -0.287. The SMILES string of the molecule is Cc1nc(C(C)C)sc1C(C)NCC(O)C(C)C. The van der Waals surface area contributed by atoms with E-state index in [4.69, 9.17) is 0 Å². The van der Waals surface area contributed by atoms with Crippen LogP contribution in [0.4, 0.5) is 0 Å². The number of thiazole rings is 1. The molecule has 2 N–H and O–H groups in total. The Labute approximate surface area is 115 Å². The molecule has 18 heavy (non-hydrogen) atoms. The minimum absolute atomic E-state index is 0.253. The van der Waals surface area contributed by atoms with E-state index in [1.807, 2.05) is 13.8 Å². The third kappa shape index (κ3) is 4.04. The number of nitrogens with zero attached hydrogens (tertiary/aromatic N) is 1. The van der Waals surface area contributed by atoms with Gasteiger partial charge in [-0.05, 0) is 19.8 Å². The van der Waals surface area contributed by atoms with Crippen molar-refractivity contribution >= 4 is 11.3 Å². The first-order chi connectivity index (χ1) is 8.32. The smallest absolute Gasteiger partial charge is 0.0956 e. The maximum Gasteiger partial charge on any atom is 0.0956 e. The van der Waals surface area contributed by atoms with Crippen molar-refractivity contribution in [3.63, 3.8) is 0 Å². The van der Waals surface area contributed by atoms with Gasteiger partial charge in [-0.25, -0.2) is 4.98 Å². The normalized spacial score (nSPS) is 15.4. The van der Waals surface area contributed by atoms with E-state index in [1.165, 1.54) is 9.88 Å². The highest BCUT2D eigenvalue weighted by molar-refractivity contribution is 7.11. The summed E-state index contributed by atoms with van der Waals surface area (Å²) in [5, 5.41) is 14.4. The second-order valence-corrected chi connectivity index (χ2v) is 6.66. The van der Waals surface area contributed by atoms with Crippen LogP contribution in [0.2, 0.25) is 0 Å². The molecule has 1 heterocycles. The van der Waals surface area contributed by atoms with Gasteiger partial charge in [-0.2, -0.15) is 0 Å². The van der Waals surface area contributed by atoms with E-state index in [-0.39, 0.29) is 12.1 Å². The van der Waals surface area contributed by atoms with E-state index in [2.05, 4.69) is 38.0 Å². The van der Waals surface area contributed by atoms with E-state index in [9.17, 15) is 5.11 Å². The monoisotopic (exact) mass is 270 g/mol. The van der Waals surface area contributed by atoms with Crippen LogP contribution in [0.1, 0.15) is 62.2 Å². The maximum atomic E-state index is 9.81. The number of hydrogen-bond acceptors (Lipinski definition) is 4. The zero-order valence-corrected chi connectivity index (χ0v) is 13.1. The van der Waals surface area contributed by atoms with Gasteiger partial charge < -0.3 is 10.4 Å². The molecule has 0 bridgehead atoms. The summed E-state index contributed by atoms with van der Waals surface area (Å²) in [6.07, 6.45) is -0.287. The van der Waals surface area contributed by atoms with Crippen molar-refractivity contribution < 1.29 is 5.11 Å². The lowest BCUT2D eigenvalue weighted by atomic mass is 10.1. The Kier molecular flexibility index (Phi) is 5.76. The molecule has 2 atom stereocenters. The van der Waals surface area contributed by atoms with Crippen LogP contribution < -0.4 is 5.32 Å². The van der Waals surface area contributed by atoms with Crippen LogP contribution in [0.3, 0.4) is 0 Å². The van der Waals surface area contributed by atoms with Crippen LogP contribution in [-0.4, -0.2) is 22.7 Å². The van der Waals surface area contributed by atoms with E-state index < -0.39 is 0 Å². The number of nitrogens with one attached hydrogen (secondary N) is 1. The molecule has 0 aliphatic heterocycles. The zero-order chi connectivity index (χ0) is 13.9. The standard InChI is InChI=1S/C14H26N2OS/c1-8(2)12(17)7-15-10(5)13-11(6)16-14(18-13)9(3)4/h8-10,12,15,17H,7H2,1-6H3. The summed E-state index contributed by atoms with van der Waals surface area (Å²) in [4.78, 5) is 5.90. The first-order valence-electron chi connectivity index (χ1n) is 6.71. The Morgan fingerprint density at radius 2 is 1.83 bits per heavy atom. The van der Waals surface area contributed by atoms with Gasteiger partial charge in [0, 0.05) is 23.4 Å². The number of hydrogen-bond donors (Lipinski definition) is 2. The first kappa shape index (κ1) is 15.6. The second-order valence-electron chi connectivity index (χ2n) is 5.60. The summed E-state index contributed by atoms with van der Waals surface area (Å²) in [6, 6.07) is 0.253. The van der Waals surface area contributed by atoms with Gasteiger partial charge in [-0.15, -0.1) is 11.3 Å². The van der Waals surface area contributed by atoms with E-state index in [1.54, 1.807) is 11.3 Å². The molecular weight excluding hydrogens is 244 g/mol. The largest absolute Gasteiger partial charge is 0.392 e. The summed E-state index contributed by atoms with van der Waals surface area (Å²) in [5.41, 5.74) is 1.11. The Morgan fingerprint density at radius 1 is 1.22 bits per heavy atom. The predicted molar refractivity (Wildman–Crippen MR) is 78.2 cm³/mol. The molecule has 1 aromatic heterocycles. The Morgan fingerprint density at radius 3 is 2.28 bits per heavy atom. The summed E-state index contributed by atoms with van der Waals surface area (Å²) >= 11 is 1.78. The van der Waals surface area contributed by atoms with Gasteiger partial charge >= 0.3 is 0 Å². The van der Waals surface area contributed by atoms with Crippen molar-refractivity contribution in [3.05, 3.63) is 15.6 Å². The topological polar surface area (TPSA) is 45.2 Å². The van der Waals surface area contributed by atoms with Crippen molar-refractivity contribution in [2.75, 3.05) is 6.54 Å². The third-order valence-corrected chi connectivity index (χ3v) is 4.78. The molecule has 0 spiro atoms. The highest BCUT2D eigenvalue weighted by atomic mass is 32.1. The zero-order valence-electron chi connectivity index (χ0n) is 12.3. The molecule has 0 aliphatic rings. The lowest BCUT2D eigenvalue weighted by Crippen LogP contribution is -2.32. The molecule has 2 unspecified atom stereocenters. The van der Waals surface area contributed by atoms with Crippen molar-refractivity contribution in [3.8, 4) is 0 Å². The lowest BCUT2D eigenvalue weighted by Gasteiger charge is -2.18. The molecule has 0 fully saturated rings. The number of aliphatic hydroxyl groups is 1. The molecular formula is C14H26N2OS. The molecule has 0 saturated carbocycles. The number of aromatic nitrogens is 1. The van der Waals surface area contributed by atoms with Crippen LogP contribution in [0.25, 0.3) is 0 Å². The second kappa shape index (κ2) is 6.64. The fourth-order valence-corrected chi connectivity index (χ4v) is 2.80. The summed E-state index contributed by atoms with van der Waals surface area (Å²) in [5.74, 6) is 0.773. The van der Waals surface area contributed by atoms with Gasteiger partial charge in [0.15, 0.2) is 0 Å². The summed E-state index contributed by atoms with van der Waals surface area (Å²) in [7, 11) is 0. The van der Waals surface area contributed by atoms with E-state index in [0.29, 0.717) is 18.4 Å². The average Bonchev–Trinajstić information content (AvgIpc) is 2.67. The van der Waals surface area contributed by atoms with Crippen molar-refractivity contribution in [1.29, 1.82) is 0 Å². The van der Waals surface area contributed by atoms with Gasteiger partial charge in [0.1, 0.15) is 0 Å². The molecule has 0 saturated heterocycles. The lowest BCUT2D eigenvalue weighted by molar-refractivity contribution is 0.121. The maximum absolute atomic E-state index is 9.81. The number of rotatable bonds is 6. The summed E-state index contributed by atoms with van der Waals surface area (Å²) in [6.45, 7) is 13.2. The van der Waals surface area contributed by atoms with Gasteiger partial charge in [-0.3, -0.25) is 0 Å². The van der Waals surface area contributed by atoms with E-state index in [0.717, 1.165) is 5.69 Å². The fourth-order valence-electron chi connectivity index (χ4n) is 1.70. The van der Waals surface area contributed by atoms with Crippen LogP contribution in [0.15, 0.2) is 0 Å². The molecule has 1 rings (SSSR count). The van der Waals surface area contributed by atoms with Crippen LogP contribution in [-0.2, 0) is 0 Å². The highest BCUT2D eigenvalue weighted by Gasteiger charge is 2.17. The Balaban J connectivity index is 2.64. The molecule has 3 nitrogen and oxygen atoms in total. The molecule has 0 aromatic carbocycles. The van der Waals surface area contributed by atoms with Crippen molar-refractivity contribution in [2.24, 2.45) is 5.92 Å². The highest BCUT2D eigenvalue weighted by Crippen LogP contribution is 2.29. The molecule has 0 radical (unpaired) electrons. The Hall–Kier alpha value is -0.450. The minimum Gasteiger partial charge on any atom is -0.392 e.